The Kier molecular flexibility index (Phi) is 4.50. The summed E-state index contributed by atoms with van der Waals surface area (Å²) in [5.74, 6) is -1.02. The second-order valence-corrected chi connectivity index (χ2v) is 5.55. The first-order valence-corrected chi connectivity index (χ1v) is 6.76. The van der Waals surface area contributed by atoms with Crippen molar-refractivity contribution in [3.8, 4) is 0 Å². The Morgan fingerprint density at radius 2 is 1.96 bits per heavy atom. The number of hydrogen-bond acceptors (Lipinski definition) is 3. The van der Waals surface area contributed by atoms with Crippen molar-refractivity contribution in [3.63, 3.8) is 0 Å². The summed E-state index contributed by atoms with van der Waals surface area (Å²) in [5.41, 5.74) is -4.07. The predicted molar refractivity (Wildman–Crippen MR) is 74.1 cm³/mol. The molecular formula is C14H10F6N4O. The van der Waals surface area contributed by atoms with Crippen molar-refractivity contribution in [2.45, 2.75) is 37.3 Å². The van der Waals surface area contributed by atoms with Gasteiger partial charge in [0.2, 0.25) is 0 Å². The van der Waals surface area contributed by atoms with Gasteiger partial charge < -0.3 is 5.32 Å². The Labute approximate surface area is 137 Å². The molecule has 25 heavy (non-hydrogen) atoms. The average Bonchev–Trinajstić information content (AvgIpc) is 2.90. The number of amides is 1. The fourth-order valence-electron chi connectivity index (χ4n) is 2.18. The monoisotopic (exact) mass is 364 g/mol. The lowest BCUT2D eigenvalue weighted by molar-refractivity contribution is -0.148. The largest absolute Gasteiger partial charge is 0.412 e. The maximum atomic E-state index is 12.9. The molecule has 134 valence electrons. The number of hydrogen-bond donors (Lipinski definition) is 1. The quantitative estimate of drug-likeness (QED) is 0.598. The van der Waals surface area contributed by atoms with Crippen LogP contribution in [0.1, 0.15) is 18.9 Å². The molecule has 1 N–H and O–H groups in total. The highest BCUT2D eigenvalue weighted by Gasteiger charge is 2.51. The number of benzene rings is 1. The van der Waals surface area contributed by atoms with Gasteiger partial charge >= 0.3 is 12.4 Å². The van der Waals surface area contributed by atoms with E-state index in [4.69, 9.17) is 6.57 Å². The molecule has 1 aromatic carbocycles. The van der Waals surface area contributed by atoms with E-state index in [0.717, 1.165) is 19.1 Å². The topological polar surface area (TPSA) is 58.2 Å². The Bertz CT molecular complexity index is 764. The van der Waals surface area contributed by atoms with Gasteiger partial charge in [-0.25, -0.2) is 4.85 Å². The molecule has 1 aromatic rings. The third kappa shape index (κ3) is 3.89. The van der Waals surface area contributed by atoms with Crippen LogP contribution in [0.2, 0.25) is 0 Å². The molecule has 0 radical (unpaired) electrons. The van der Waals surface area contributed by atoms with Crippen molar-refractivity contribution in [1.29, 1.82) is 0 Å². The summed E-state index contributed by atoms with van der Waals surface area (Å²) >= 11 is 0. The summed E-state index contributed by atoms with van der Waals surface area (Å²) in [6.07, 6.45) is -10.2. The lowest BCUT2D eigenvalue weighted by atomic mass is 9.94. The Morgan fingerprint density at radius 1 is 1.32 bits per heavy atom. The van der Waals surface area contributed by atoms with Crippen molar-refractivity contribution in [2.24, 2.45) is 10.2 Å². The molecule has 5 nitrogen and oxygen atoms in total. The summed E-state index contributed by atoms with van der Waals surface area (Å²) in [6.45, 7) is 7.84. The van der Waals surface area contributed by atoms with Crippen LogP contribution in [0.4, 0.5) is 37.7 Å². The molecule has 11 heteroatoms. The minimum absolute atomic E-state index is 0.309. The number of anilines is 1. The standard InChI is InChI=1S/C14H10F6N4O/c1-12(6-10(23-24-12)14(18,19)20)11(25)22-7-3-4-9(21-2)8(5-7)13(15,16)17/h3-5,10H,6H2,1H3,(H,22,25)/t10?,12-/m0/s1. The third-order valence-corrected chi connectivity index (χ3v) is 3.56. The summed E-state index contributed by atoms with van der Waals surface area (Å²) in [6, 6.07) is 0.320. The highest BCUT2D eigenvalue weighted by Crippen LogP contribution is 2.39. The summed E-state index contributed by atoms with van der Waals surface area (Å²) in [5, 5.41) is 8.46. The van der Waals surface area contributed by atoms with Gasteiger partial charge in [-0.3, -0.25) is 4.79 Å². The fourth-order valence-corrected chi connectivity index (χ4v) is 2.18. The summed E-state index contributed by atoms with van der Waals surface area (Å²) in [4.78, 5) is 14.9. The van der Waals surface area contributed by atoms with E-state index in [9.17, 15) is 31.1 Å². The lowest BCUT2D eigenvalue weighted by Crippen LogP contribution is -2.40. The molecule has 1 amide bonds. The highest BCUT2D eigenvalue weighted by atomic mass is 19.4. The van der Waals surface area contributed by atoms with E-state index >= 15 is 0 Å². The van der Waals surface area contributed by atoms with Crippen molar-refractivity contribution >= 4 is 17.3 Å². The molecule has 0 saturated heterocycles. The number of carbonyl (C=O) groups is 1. The molecular weight excluding hydrogens is 354 g/mol. The number of nitrogens with zero attached hydrogens (tertiary/aromatic N) is 3. The number of halogens is 6. The first-order valence-electron chi connectivity index (χ1n) is 6.76. The average molecular weight is 364 g/mol. The van der Waals surface area contributed by atoms with Crippen LogP contribution in [0.5, 0.6) is 0 Å². The number of carbonyl (C=O) groups excluding carboxylic acids is 1. The zero-order valence-corrected chi connectivity index (χ0v) is 12.5. The van der Waals surface area contributed by atoms with Gasteiger partial charge in [0.25, 0.3) is 5.91 Å². The normalized spacial score (nSPS) is 23.4. The first-order chi connectivity index (χ1) is 11.4. The Balaban J connectivity index is 2.22. The molecule has 1 aliphatic heterocycles. The smallest absolute Gasteiger partial charge is 0.324 e. The fraction of sp³-hybridized carbons (Fsp3) is 0.429. The van der Waals surface area contributed by atoms with Crippen LogP contribution in [0, 0.1) is 6.57 Å². The van der Waals surface area contributed by atoms with Gasteiger partial charge in [0.1, 0.15) is 0 Å². The van der Waals surface area contributed by atoms with Crippen molar-refractivity contribution in [3.05, 3.63) is 35.2 Å². The van der Waals surface area contributed by atoms with Crippen LogP contribution in [-0.4, -0.2) is 23.7 Å². The number of nitrogens with one attached hydrogen (secondary N) is 1. The second kappa shape index (κ2) is 6.02. The van der Waals surface area contributed by atoms with Crippen molar-refractivity contribution in [1.82, 2.24) is 0 Å². The zero-order valence-electron chi connectivity index (χ0n) is 12.5. The van der Waals surface area contributed by atoms with Crippen LogP contribution in [0.25, 0.3) is 4.85 Å². The number of alkyl halides is 6. The van der Waals surface area contributed by atoms with Crippen LogP contribution >= 0.6 is 0 Å². The molecule has 2 atom stereocenters. The van der Waals surface area contributed by atoms with Gasteiger partial charge in [-0.1, -0.05) is 6.07 Å². The Hall–Kier alpha value is -2.64. The molecule has 0 aliphatic carbocycles. The van der Waals surface area contributed by atoms with Crippen LogP contribution in [-0.2, 0) is 11.0 Å². The minimum atomic E-state index is -4.82. The molecule has 1 unspecified atom stereocenters. The van der Waals surface area contributed by atoms with E-state index in [-0.39, 0.29) is 5.69 Å². The van der Waals surface area contributed by atoms with Crippen LogP contribution < -0.4 is 5.32 Å². The lowest BCUT2D eigenvalue weighted by Gasteiger charge is -2.20. The van der Waals surface area contributed by atoms with Crippen molar-refractivity contribution < 1.29 is 31.1 Å². The van der Waals surface area contributed by atoms with Crippen molar-refractivity contribution in [2.75, 3.05) is 5.32 Å². The number of rotatable bonds is 2. The minimum Gasteiger partial charge on any atom is -0.324 e. The van der Waals surface area contributed by atoms with Gasteiger partial charge in [-0.15, -0.1) is 0 Å². The van der Waals surface area contributed by atoms with E-state index in [1.165, 1.54) is 0 Å². The van der Waals surface area contributed by atoms with Gasteiger partial charge in [-0.2, -0.15) is 36.6 Å². The second-order valence-electron chi connectivity index (χ2n) is 5.55. The molecule has 1 aliphatic rings. The van der Waals surface area contributed by atoms with E-state index in [1.807, 2.05) is 0 Å². The highest BCUT2D eigenvalue weighted by molar-refractivity contribution is 5.98. The van der Waals surface area contributed by atoms with E-state index in [0.29, 0.717) is 6.07 Å². The molecule has 0 saturated carbocycles. The summed E-state index contributed by atoms with van der Waals surface area (Å²) in [7, 11) is 0. The maximum absolute atomic E-state index is 12.9. The maximum Gasteiger partial charge on any atom is 0.412 e. The SMILES string of the molecule is [C-]#[N+]c1ccc(NC(=O)[C@]2(C)CC(C(F)(F)F)N=N2)cc1C(F)(F)F. The third-order valence-electron chi connectivity index (χ3n) is 3.56. The first kappa shape index (κ1) is 18.7. The molecule has 0 fully saturated rings. The molecule has 0 aromatic heterocycles. The molecule has 0 spiro atoms. The van der Waals surface area contributed by atoms with Gasteiger partial charge in [0.15, 0.2) is 17.3 Å². The predicted octanol–water partition coefficient (Wildman–Crippen LogP) is 4.74. The molecule has 2 rings (SSSR count). The molecule has 1 heterocycles. The van der Waals surface area contributed by atoms with Gasteiger partial charge in [0, 0.05) is 12.1 Å². The van der Waals surface area contributed by atoms with E-state index in [2.05, 4.69) is 20.4 Å². The van der Waals surface area contributed by atoms with Gasteiger partial charge in [0.05, 0.1) is 12.1 Å². The summed E-state index contributed by atoms with van der Waals surface area (Å²) < 4.78 is 76.6. The van der Waals surface area contributed by atoms with E-state index < -0.39 is 47.5 Å². The van der Waals surface area contributed by atoms with E-state index in [1.54, 1.807) is 0 Å². The van der Waals surface area contributed by atoms with Crippen LogP contribution in [0.3, 0.4) is 0 Å². The Morgan fingerprint density at radius 3 is 2.44 bits per heavy atom. The number of azo groups is 1. The van der Waals surface area contributed by atoms with Gasteiger partial charge in [-0.05, 0) is 19.1 Å². The zero-order chi connectivity index (χ0) is 19.0. The van der Waals surface area contributed by atoms with Crippen LogP contribution in [0.15, 0.2) is 28.4 Å². The molecule has 0 bridgehead atoms.